The molecule has 7 nitrogen and oxygen atoms in total. The van der Waals surface area contributed by atoms with Crippen LogP contribution in [0.1, 0.15) is 18.6 Å². The molecule has 0 fully saturated rings. The minimum atomic E-state index is -1.01. The summed E-state index contributed by atoms with van der Waals surface area (Å²) in [5.74, 6) is -0.973. The molecule has 0 aliphatic carbocycles. The summed E-state index contributed by atoms with van der Waals surface area (Å²) >= 11 is 0. The van der Waals surface area contributed by atoms with Gasteiger partial charge in [-0.1, -0.05) is 0 Å². The van der Waals surface area contributed by atoms with Gasteiger partial charge >= 0.3 is 11.9 Å². The number of nitrogens with one attached hydrogen (secondary N) is 1. The van der Waals surface area contributed by atoms with Crippen molar-refractivity contribution in [1.29, 1.82) is 0 Å². The molecular weight excluding hydrogens is 202 g/mol. The fourth-order valence-corrected chi connectivity index (χ4v) is 0.977. The minimum absolute atomic E-state index is 0.0516. The quantitative estimate of drug-likeness (QED) is 0.641. The number of H-pyrrole nitrogens is 1. The molecule has 1 aromatic heterocycles. The van der Waals surface area contributed by atoms with Gasteiger partial charge in [-0.2, -0.15) is 5.10 Å². The Labute approximate surface area is 85.5 Å². The van der Waals surface area contributed by atoms with E-state index in [4.69, 9.17) is 5.11 Å². The molecule has 1 heterocycles. The third kappa shape index (κ3) is 3.75. The molecule has 1 rings (SSSR count). The largest absolute Gasteiger partial charge is 0.481 e. The number of esters is 1. The number of rotatable bonds is 5. The van der Waals surface area contributed by atoms with Gasteiger partial charge in [0.2, 0.25) is 0 Å². The molecule has 0 unspecified atom stereocenters. The lowest BCUT2D eigenvalue weighted by Crippen LogP contribution is -2.08. The zero-order chi connectivity index (χ0) is 11.3. The molecule has 0 atom stereocenters. The van der Waals surface area contributed by atoms with Crippen LogP contribution in [0.25, 0.3) is 0 Å². The highest BCUT2D eigenvalue weighted by Crippen LogP contribution is 1.96. The first kappa shape index (κ1) is 11.2. The van der Waals surface area contributed by atoms with E-state index in [9.17, 15) is 9.59 Å². The fraction of sp³-hybridized carbons (Fsp3) is 0.500. The maximum absolute atomic E-state index is 11.0. The molecular formula is C8H11N3O4. The van der Waals surface area contributed by atoms with E-state index in [-0.39, 0.29) is 24.5 Å². The highest BCUT2D eigenvalue weighted by atomic mass is 16.5. The summed E-state index contributed by atoms with van der Waals surface area (Å²) in [6.07, 6.45) is -0.292. The highest BCUT2D eigenvalue weighted by molar-refractivity contribution is 5.71. The summed E-state index contributed by atoms with van der Waals surface area (Å²) < 4.78 is 4.69. The van der Waals surface area contributed by atoms with Crippen molar-refractivity contribution in [1.82, 2.24) is 15.2 Å². The van der Waals surface area contributed by atoms with Gasteiger partial charge in [-0.05, 0) is 6.92 Å². The molecule has 82 valence electrons. The van der Waals surface area contributed by atoms with Gasteiger partial charge in [0.1, 0.15) is 18.7 Å². The van der Waals surface area contributed by atoms with Crippen molar-refractivity contribution in [3.05, 3.63) is 11.6 Å². The molecule has 1 aromatic rings. The first-order valence-electron chi connectivity index (χ1n) is 4.39. The number of carbonyl (C=O) groups excluding carboxylic acids is 1. The van der Waals surface area contributed by atoms with Gasteiger partial charge in [0.25, 0.3) is 0 Å². The van der Waals surface area contributed by atoms with Gasteiger partial charge in [-0.3, -0.25) is 14.7 Å². The number of carbonyl (C=O) groups is 2. The summed E-state index contributed by atoms with van der Waals surface area (Å²) in [6.45, 7) is 2.00. The fourth-order valence-electron chi connectivity index (χ4n) is 0.977. The van der Waals surface area contributed by atoms with E-state index in [1.165, 1.54) is 0 Å². The van der Waals surface area contributed by atoms with E-state index < -0.39 is 11.9 Å². The smallest absolute Gasteiger partial charge is 0.313 e. The first-order valence-corrected chi connectivity index (χ1v) is 4.39. The second kappa shape index (κ2) is 5.08. The number of carboxylic acids is 1. The van der Waals surface area contributed by atoms with Crippen LogP contribution in [0, 0.1) is 0 Å². The van der Waals surface area contributed by atoms with E-state index in [2.05, 4.69) is 19.9 Å². The number of aromatic nitrogens is 3. The van der Waals surface area contributed by atoms with Crippen molar-refractivity contribution in [2.45, 2.75) is 19.8 Å². The number of aliphatic carboxylic acids is 1. The zero-order valence-electron chi connectivity index (χ0n) is 8.19. The minimum Gasteiger partial charge on any atom is -0.481 e. The average molecular weight is 213 g/mol. The molecule has 0 spiro atoms. The lowest BCUT2D eigenvalue weighted by Gasteiger charge is -1.96. The van der Waals surface area contributed by atoms with E-state index in [1.54, 1.807) is 6.92 Å². The summed E-state index contributed by atoms with van der Waals surface area (Å²) in [4.78, 5) is 25.2. The van der Waals surface area contributed by atoms with Crippen molar-refractivity contribution in [2.75, 3.05) is 6.61 Å². The van der Waals surface area contributed by atoms with Gasteiger partial charge in [0.05, 0.1) is 6.61 Å². The van der Waals surface area contributed by atoms with Gasteiger partial charge in [-0.15, -0.1) is 0 Å². The number of hydrogen-bond acceptors (Lipinski definition) is 5. The molecule has 0 aliphatic rings. The van der Waals surface area contributed by atoms with Crippen molar-refractivity contribution in [3.63, 3.8) is 0 Å². The Balaban J connectivity index is 2.52. The predicted molar refractivity (Wildman–Crippen MR) is 48.1 cm³/mol. The number of hydrogen-bond donors (Lipinski definition) is 2. The molecule has 0 aliphatic heterocycles. The lowest BCUT2D eigenvalue weighted by molar-refractivity contribution is -0.142. The third-order valence-corrected chi connectivity index (χ3v) is 1.50. The maximum atomic E-state index is 11.0. The first-order chi connectivity index (χ1) is 7.11. The number of nitrogens with zero attached hydrogens (tertiary/aromatic N) is 2. The second-order valence-corrected chi connectivity index (χ2v) is 2.75. The van der Waals surface area contributed by atoms with Crippen LogP contribution in [-0.4, -0.2) is 38.8 Å². The molecule has 0 amide bonds. The average Bonchev–Trinajstić information content (AvgIpc) is 2.51. The zero-order valence-corrected chi connectivity index (χ0v) is 8.19. The molecule has 0 radical (unpaired) electrons. The Hall–Kier alpha value is -1.92. The van der Waals surface area contributed by atoms with Crippen LogP contribution < -0.4 is 0 Å². The van der Waals surface area contributed by atoms with Crippen LogP contribution in [0.2, 0.25) is 0 Å². The van der Waals surface area contributed by atoms with Gasteiger partial charge in [-0.25, -0.2) is 4.98 Å². The van der Waals surface area contributed by atoms with Crippen LogP contribution in [0.15, 0.2) is 0 Å². The SMILES string of the molecule is CCOC(=O)Cc1n[nH]c(CC(=O)O)n1. The highest BCUT2D eigenvalue weighted by Gasteiger charge is 2.11. The van der Waals surface area contributed by atoms with Crippen LogP contribution in [0.3, 0.4) is 0 Å². The Morgan fingerprint density at radius 3 is 2.80 bits per heavy atom. The molecule has 0 saturated carbocycles. The second-order valence-electron chi connectivity index (χ2n) is 2.75. The van der Waals surface area contributed by atoms with E-state index in [0.717, 1.165) is 0 Å². The van der Waals surface area contributed by atoms with Crippen molar-refractivity contribution in [3.8, 4) is 0 Å². The van der Waals surface area contributed by atoms with Crippen molar-refractivity contribution < 1.29 is 19.4 Å². The summed E-state index contributed by atoms with van der Waals surface area (Å²) in [6, 6.07) is 0. The Morgan fingerprint density at radius 1 is 1.47 bits per heavy atom. The summed E-state index contributed by atoms with van der Waals surface area (Å²) in [7, 11) is 0. The van der Waals surface area contributed by atoms with Gasteiger partial charge in [0, 0.05) is 0 Å². The maximum Gasteiger partial charge on any atom is 0.313 e. The molecule has 15 heavy (non-hydrogen) atoms. The topological polar surface area (TPSA) is 105 Å². The predicted octanol–water partition coefficient (Wildman–Crippen LogP) is -0.463. The van der Waals surface area contributed by atoms with Crippen LogP contribution in [0.5, 0.6) is 0 Å². The number of carboxylic acid groups (broad SMARTS) is 1. The third-order valence-electron chi connectivity index (χ3n) is 1.50. The van der Waals surface area contributed by atoms with E-state index in [1.807, 2.05) is 0 Å². The van der Waals surface area contributed by atoms with Crippen molar-refractivity contribution in [2.24, 2.45) is 0 Å². The van der Waals surface area contributed by atoms with Gasteiger partial charge < -0.3 is 9.84 Å². The van der Waals surface area contributed by atoms with E-state index >= 15 is 0 Å². The summed E-state index contributed by atoms with van der Waals surface area (Å²) in [5, 5.41) is 14.6. The molecule has 0 aromatic carbocycles. The molecule has 2 N–H and O–H groups in total. The van der Waals surface area contributed by atoms with E-state index in [0.29, 0.717) is 6.61 Å². The number of ether oxygens (including phenoxy) is 1. The molecule has 7 heteroatoms. The van der Waals surface area contributed by atoms with Gasteiger partial charge in [0.15, 0.2) is 5.82 Å². The van der Waals surface area contributed by atoms with Crippen LogP contribution >= 0.6 is 0 Å². The number of aromatic amines is 1. The standard InChI is InChI=1S/C8H11N3O4/c1-2-15-8(14)4-6-9-5(10-11-6)3-7(12)13/h2-4H2,1H3,(H,12,13)(H,9,10,11). The summed E-state index contributed by atoms with van der Waals surface area (Å²) in [5.41, 5.74) is 0. The van der Waals surface area contributed by atoms with Crippen LogP contribution in [0.4, 0.5) is 0 Å². The monoisotopic (exact) mass is 213 g/mol. The lowest BCUT2D eigenvalue weighted by atomic mass is 10.4. The normalized spacial score (nSPS) is 9.93. The Kier molecular flexibility index (Phi) is 3.78. The van der Waals surface area contributed by atoms with Crippen molar-refractivity contribution >= 4 is 11.9 Å². The Bertz CT molecular complexity index is 361. The van der Waals surface area contributed by atoms with Crippen LogP contribution in [-0.2, 0) is 27.2 Å². The molecule has 0 bridgehead atoms. The molecule has 0 saturated heterocycles. The Morgan fingerprint density at radius 2 is 2.20 bits per heavy atom.